The number of fused-ring (bicyclic) bond motifs is 5. The molecule has 0 N–H and O–H groups in total. The van der Waals surface area contributed by atoms with Crippen LogP contribution in [-0.4, -0.2) is 15.6 Å². The van der Waals surface area contributed by atoms with Crippen LogP contribution in [0.1, 0.15) is 84.1 Å². The van der Waals surface area contributed by atoms with Crippen LogP contribution in [0.25, 0.3) is 6.08 Å². The lowest BCUT2D eigenvalue weighted by Gasteiger charge is -2.59. The van der Waals surface area contributed by atoms with Crippen molar-refractivity contribution in [3.8, 4) is 0 Å². The molecule has 4 aliphatic rings. The first-order valence-electron chi connectivity index (χ1n) is 11.7. The Hall–Kier alpha value is -1.38. The van der Waals surface area contributed by atoms with E-state index < -0.39 is 0 Å². The summed E-state index contributed by atoms with van der Waals surface area (Å²) in [5.41, 5.74) is 2.58. The minimum atomic E-state index is -0.119. The maximum Gasteiger partial charge on any atom is 0.165 e. The van der Waals surface area contributed by atoms with Gasteiger partial charge in [-0.1, -0.05) is 26.7 Å². The molecule has 0 aromatic carbocycles. The third-order valence-electron chi connectivity index (χ3n) is 9.54. The number of aromatic nitrogens is 2. The Morgan fingerprint density at radius 2 is 2.00 bits per heavy atom. The van der Waals surface area contributed by atoms with E-state index in [9.17, 15) is 4.79 Å². The van der Waals surface area contributed by atoms with E-state index >= 15 is 0 Å². The van der Waals surface area contributed by atoms with Crippen molar-refractivity contribution >= 4 is 11.9 Å². The molecule has 1 aromatic heterocycles. The number of ketones is 1. The molecule has 5 rings (SSSR count). The molecule has 0 aliphatic heterocycles. The molecule has 0 saturated heterocycles. The van der Waals surface area contributed by atoms with Crippen molar-refractivity contribution < 1.29 is 4.79 Å². The molecule has 0 spiro atoms. The number of nitrogens with zero attached hydrogens (tertiary/aromatic N) is 2. The Morgan fingerprint density at radius 3 is 2.79 bits per heavy atom. The van der Waals surface area contributed by atoms with Crippen LogP contribution >= 0.6 is 0 Å². The Kier molecular flexibility index (Phi) is 4.37. The highest BCUT2D eigenvalue weighted by atomic mass is 16.1. The topological polar surface area (TPSA) is 34.9 Å². The van der Waals surface area contributed by atoms with Crippen LogP contribution in [0.4, 0.5) is 0 Å². The van der Waals surface area contributed by atoms with E-state index in [1.54, 1.807) is 0 Å². The number of hydrogen-bond acceptors (Lipinski definition) is 2. The van der Waals surface area contributed by atoms with Crippen LogP contribution in [0.3, 0.4) is 0 Å². The first kappa shape index (κ1) is 18.6. The van der Waals surface area contributed by atoms with Crippen molar-refractivity contribution in [2.75, 3.05) is 0 Å². The third-order valence-corrected chi connectivity index (χ3v) is 9.54. The summed E-state index contributed by atoms with van der Waals surface area (Å²) in [5, 5.41) is 4.39. The van der Waals surface area contributed by atoms with Crippen molar-refractivity contribution in [1.29, 1.82) is 0 Å². The van der Waals surface area contributed by atoms with E-state index in [0.29, 0.717) is 17.1 Å². The van der Waals surface area contributed by atoms with Crippen LogP contribution in [-0.2, 0) is 11.3 Å². The fourth-order valence-electron chi connectivity index (χ4n) is 7.92. The number of Topliss-reactive ketones (excluding diaryl/α,β-unsaturated/α-hetero) is 1. The Bertz CT molecular complexity index is 807. The third kappa shape index (κ3) is 2.60. The number of aryl methyl sites for hydroxylation is 1. The van der Waals surface area contributed by atoms with Gasteiger partial charge in [-0.15, -0.1) is 0 Å². The molecule has 3 nitrogen and oxygen atoms in total. The summed E-state index contributed by atoms with van der Waals surface area (Å²) in [6, 6.07) is 0. The van der Waals surface area contributed by atoms with E-state index in [0.717, 1.165) is 48.3 Å². The normalized spacial score (nSPS) is 44.2. The molecule has 152 valence electrons. The molecule has 0 unspecified atom stereocenters. The largest absolute Gasteiger partial charge is 0.294 e. The van der Waals surface area contributed by atoms with Crippen molar-refractivity contribution in [2.24, 2.45) is 34.5 Å². The van der Waals surface area contributed by atoms with Gasteiger partial charge in [-0.05, 0) is 92.6 Å². The van der Waals surface area contributed by atoms with Gasteiger partial charge in [-0.3, -0.25) is 9.48 Å². The van der Waals surface area contributed by atoms with Crippen LogP contribution in [0.2, 0.25) is 0 Å². The lowest BCUT2D eigenvalue weighted by atomic mass is 9.45. The smallest absolute Gasteiger partial charge is 0.165 e. The van der Waals surface area contributed by atoms with Crippen LogP contribution in [0.5, 0.6) is 0 Å². The Labute approximate surface area is 170 Å². The monoisotopic (exact) mass is 380 g/mol. The number of allylic oxidation sites excluding steroid dienone is 1. The predicted molar refractivity (Wildman–Crippen MR) is 113 cm³/mol. The van der Waals surface area contributed by atoms with Gasteiger partial charge in [0.2, 0.25) is 0 Å². The number of hydrogen-bond donors (Lipinski definition) is 0. The molecule has 3 heteroatoms. The summed E-state index contributed by atoms with van der Waals surface area (Å²) >= 11 is 0. The van der Waals surface area contributed by atoms with Gasteiger partial charge in [0.05, 0.1) is 6.20 Å². The van der Waals surface area contributed by atoms with Gasteiger partial charge in [0, 0.05) is 23.7 Å². The van der Waals surface area contributed by atoms with E-state index in [2.05, 4.69) is 38.1 Å². The summed E-state index contributed by atoms with van der Waals surface area (Å²) in [4.78, 5) is 13.5. The Morgan fingerprint density at radius 1 is 1.14 bits per heavy atom. The minimum absolute atomic E-state index is 0.119. The van der Waals surface area contributed by atoms with E-state index in [1.807, 2.05) is 10.9 Å². The molecule has 6 atom stereocenters. The average Bonchev–Trinajstić information content (AvgIpc) is 3.25. The molecular formula is C25H36N2O. The van der Waals surface area contributed by atoms with Crippen molar-refractivity contribution in [2.45, 2.75) is 85.1 Å². The van der Waals surface area contributed by atoms with E-state index in [1.165, 1.54) is 44.9 Å². The van der Waals surface area contributed by atoms with Crippen molar-refractivity contribution in [3.05, 3.63) is 23.5 Å². The number of carbonyl (C=O) groups is 1. The highest BCUT2D eigenvalue weighted by molar-refractivity contribution is 6.05. The molecule has 1 heterocycles. The van der Waals surface area contributed by atoms with E-state index in [4.69, 9.17) is 0 Å². The average molecular weight is 381 g/mol. The summed E-state index contributed by atoms with van der Waals surface area (Å²) in [7, 11) is 0. The summed E-state index contributed by atoms with van der Waals surface area (Å²) in [6.07, 6.45) is 18.0. The number of carbonyl (C=O) groups excluding carboxylic acids is 1. The zero-order chi connectivity index (χ0) is 19.5. The zero-order valence-electron chi connectivity index (χ0n) is 17.9. The van der Waals surface area contributed by atoms with Gasteiger partial charge in [0.1, 0.15) is 0 Å². The second-order valence-corrected chi connectivity index (χ2v) is 10.7. The quantitative estimate of drug-likeness (QED) is 0.599. The molecule has 0 amide bonds. The van der Waals surface area contributed by atoms with E-state index in [-0.39, 0.29) is 5.41 Å². The van der Waals surface area contributed by atoms with Gasteiger partial charge in [-0.25, -0.2) is 0 Å². The predicted octanol–water partition coefficient (Wildman–Crippen LogP) is 5.90. The van der Waals surface area contributed by atoms with Gasteiger partial charge in [-0.2, -0.15) is 5.10 Å². The molecule has 4 aliphatic carbocycles. The van der Waals surface area contributed by atoms with Gasteiger partial charge < -0.3 is 0 Å². The van der Waals surface area contributed by atoms with Gasteiger partial charge in [0.15, 0.2) is 5.78 Å². The first-order chi connectivity index (χ1) is 13.5. The maximum absolute atomic E-state index is 13.5. The second kappa shape index (κ2) is 6.57. The van der Waals surface area contributed by atoms with Gasteiger partial charge >= 0.3 is 0 Å². The molecule has 4 fully saturated rings. The SMILES string of the molecule is CCn1cc(/C=C2\C[C@@H]3[C@H]4CC[C@H]5CCCC[C@]5(C)[C@@H]4CC[C@@]3(C)C2=O)cn1. The van der Waals surface area contributed by atoms with Crippen molar-refractivity contribution in [3.63, 3.8) is 0 Å². The fraction of sp³-hybridized carbons (Fsp3) is 0.760. The highest BCUT2D eigenvalue weighted by Gasteiger charge is 2.60. The highest BCUT2D eigenvalue weighted by Crippen LogP contribution is 2.66. The van der Waals surface area contributed by atoms with Crippen molar-refractivity contribution in [1.82, 2.24) is 9.78 Å². The molecular weight excluding hydrogens is 344 g/mol. The minimum Gasteiger partial charge on any atom is -0.294 e. The molecule has 4 saturated carbocycles. The molecule has 1 aromatic rings. The summed E-state index contributed by atoms with van der Waals surface area (Å²) in [6.45, 7) is 7.88. The van der Waals surface area contributed by atoms with Crippen LogP contribution < -0.4 is 0 Å². The Balaban J connectivity index is 1.45. The van der Waals surface area contributed by atoms with Crippen LogP contribution in [0, 0.1) is 34.5 Å². The molecule has 0 radical (unpaired) electrons. The second-order valence-electron chi connectivity index (χ2n) is 10.7. The lowest BCUT2D eigenvalue weighted by molar-refractivity contribution is -0.137. The standard InChI is InChI=1S/C25H36N2O/c1-4-27-16-17(15-26-27)13-18-14-22-20-9-8-19-7-5-6-11-24(19,2)21(20)10-12-25(22,3)23(18)28/h13,15-16,19-22H,4-12,14H2,1-3H3/b18-13+/t19-,20+,21-,22-,24+,25-/m1/s1. The summed E-state index contributed by atoms with van der Waals surface area (Å²) < 4.78 is 1.95. The number of rotatable bonds is 2. The molecule has 28 heavy (non-hydrogen) atoms. The molecule has 0 bridgehead atoms. The maximum atomic E-state index is 13.5. The zero-order valence-corrected chi connectivity index (χ0v) is 17.9. The van der Waals surface area contributed by atoms with Gasteiger partial charge in [0.25, 0.3) is 0 Å². The lowest BCUT2D eigenvalue weighted by Crippen LogP contribution is -2.52. The fourth-order valence-corrected chi connectivity index (χ4v) is 7.92. The summed E-state index contributed by atoms with van der Waals surface area (Å²) in [5.74, 6) is 3.55. The van der Waals surface area contributed by atoms with Crippen LogP contribution in [0.15, 0.2) is 18.0 Å². The first-order valence-corrected chi connectivity index (χ1v) is 11.7.